The summed E-state index contributed by atoms with van der Waals surface area (Å²) in [5, 5.41) is 7.42. The van der Waals surface area contributed by atoms with Gasteiger partial charge in [-0.2, -0.15) is 0 Å². The fourth-order valence-corrected chi connectivity index (χ4v) is 10.4. The first-order valence-electron chi connectivity index (χ1n) is 21.7. The molecule has 0 atom stereocenters. The van der Waals surface area contributed by atoms with E-state index in [1.165, 1.54) is 98.8 Å². The molecule has 3 aromatic heterocycles. The van der Waals surface area contributed by atoms with Crippen LogP contribution < -0.4 is 0 Å². The van der Waals surface area contributed by atoms with Gasteiger partial charge in [0, 0.05) is 49.1 Å². The third kappa shape index (κ3) is 5.33. The molecular weight excluding hydrogens is 763 g/mol. The molecule has 0 unspecified atom stereocenters. The number of hydrogen-bond donors (Lipinski definition) is 0. The second kappa shape index (κ2) is 14.1. The Morgan fingerprint density at radius 2 is 0.762 bits per heavy atom. The maximum Gasteiger partial charge on any atom is 0.0641 e. The van der Waals surface area contributed by atoms with Crippen LogP contribution in [-0.4, -0.2) is 13.7 Å². The number of para-hydroxylation sites is 5. The quantitative estimate of drug-likeness (QED) is 0.159. The van der Waals surface area contributed by atoms with E-state index in [4.69, 9.17) is 0 Å². The van der Waals surface area contributed by atoms with E-state index in [9.17, 15) is 0 Å². The summed E-state index contributed by atoms with van der Waals surface area (Å²) in [6.45, 7) is 0. The van der Waals surface area contributed by atoms with Crippen LogP contribution in [-0.2, 0) is 0 Å². The third-order valence-corrected chi connectivity index (χ3v) is 13.0. The number of rotatable bonds is 6. The van der Waals surface area contributed by atoms with Gasteiger partial charge in [-0.1, -0.05) is 176 Å². The first-order valence-corrected chi connectivity index (χ1v) is 21.7. The van der Waals surface area contributed by atoms with Gasteiger partial charge in [0.1, 0.15) is 0 Å². The monoisotopic (exact) mass is 801 g/mol. The highest BCUT2D eigenvalue weighted by atomic mass is 15.0. The SMILES string of the molecule is c1ccc(-c2ccc(-n3c4ccccc4c4c(-c5ccccc5-n5c6ccccc6c6ccc7c(c8ccccc8n7-c7ccccc7)c65)cccc43)c(-c3ccccc3)c2)cc1. The highest BCUT2D eigenvalue weighted by Crippen LogP contribution is 2.46. The molecule has 3 heterocycles. The van der Waals surface area contributed by atoms with E-state index in [0.717, 1.165) is 17.1 Å². The summed E-state index contributed by atoms with van der Waals surface area (Å²) >= 11 is 0. The molecule has 13 aromatic rings. The molecule has 0 saturated heterocycles. The summed E-state index contributed by atoms with van der Waals surface area (Å²) in [6, 6.07) is 86.4. The van der Waals surface area contributed by atoms with Gasteiger partial charge in [-0.3, -0.25) is 0 Å². The lowest BCUT2D eigenvalue weighted by molar-refractivity contribution is 1.17. The molecule has 3 nitrogen and oxygen atoms in total. The van der Waals surface area contributed by atoms with Crippen molar-refractivity contribution >= 4 is 65.4 Å². The van der Waals surface area contributed by atoms with E-state index in [2.05, 4.69) is 250 Å². The molecule has 13 rings (SSSR count). The molecule has 0 spiro atoms. The Hall–Kier alpha value is -8.40. The zero-order valence-corrected chi connectivity index (χ0v) is 34.4. The lowest BCUT2D eigenvalue weighted by atomic mass is 9.96. The van der Waals surface area contributed by atoms with Gasteiger partial charge in [0.05, 0.1) is 44.5 Å². The molecule has 0 aliphatic carbocycles. The van der Waals surface area contributed by atoms with Gasteiger partial charge in [0.2, 0.25) is 0 Å². The molecule has 3 heteroatoms. The molecule has 0 bridgehead atoms. The largest absolute Gasteiger partial charge is 0.309 e. The average molecular weight is 802 g/mol. The molecule has 0 aliphatic rings. The van der Waals surface area contributed by atoms with Crippen LogP contribution in [0.3, 0.4) is 0 Å². The predicted octanol–water partition coefficient (Wildman–Crippen LogP) is 16.0. The summed E-state index contributed by atoms with van der Waals surface area (Å²) in [6.07, 6.45) is 0. The molecule has 0 fully saturated rings. The van der Waals surface area contributed by atoms with Crippen LogP contribution in [0.25, 0.3) is 116 Å². The fourth-order valence-electron chi connectivity index (χ4n) is 10.4. The maximum atomic E-state index is 2.54. The first kappa shape index (κ1) is 35.4. The number of aromatic nitrogens is 3. The topological polar surface area (TPSA) is 14.8 Å². The van der Waals surface area contributed by atoms with E-state index in [0.29, 0.717) is 0 Å². The van der Waals surface area contributed by atoms with Crippen molar-refractivity contribution in [1.29, 1.82) is 0 Å². The number of hydrogen-bond acceptors (Lipinski definition) is 0. The van der Waals surface area contributed by atoms with Gasteiger partial charge in [0.25, 0.3) is 0 Å². The van der Waals surface area contributed by atoms with Crippen LogP contribution >= 0.6 is 0 Å². The standard InChI is InChI=1S/C60H39N3/c1-4-19-40(20-5-1)42-35-37-55(50(39-42)41-21-6-2-7-22-41)62-54-33-17-12-27-48(54)58-46(29-18-34-56(58)62)44-25-10-14-30-51(44)63-52-31-15-11-26-45(52)47-36-38-57-59(60(47)63)49-28-13-16-32-53(49)61(57)43-23-8-3-9-24-43/h1-39H. The fraction of sp³-hybridized carbons (Fsp3) is 0. The molecule has 63 heavy (non-hydrogen) atoms. The molecule has 0 N–H and O–H groups in total. The van der Waals surface area contributed by atoms with Crippen LogP contribution in [0, 0.1) is 0 Å². The lowest BCUT2D eigenvalue weighted by Crippen LogP contribution is -1.99. The van der Waals surface area contributed by atoms with E-state index in [1.54, 1.807) is 0 Å². The van der Waals surface area contributed by atoms with Crippen molar-refractivity contribution in [1.82, 2.24) is 13.7 Å². The second-order valence-corrected chi connectivity index (χ2v) is 16.4. The van der Waals surface area contributed by atoms with Crippen molar-refractivity contribution in [2.75, 3.05) is 0 Å². The summed E-state index contributed by atoms with van der Waals surface area (Å²) in [7, 11) is 0. The van der Waals surface area contributed by atoms with Crippen LogP contribution in [0.5, 0.6) is 0 Å². The minimum Gasteiger partial charge on any atom is -0.309 e. The molecule has 0 amide bonds. The van der Waals surface area contributed by atoms with Gasteiger partial charge in [-0.25, -0.2) is 0 Å². The first-order chi connectivity index (χ1) is 31.3. The number of fused-ring (bicyclic) bond motifs is 10. The Labute approximate surface area is 364 Å². The lowest BCUT2D eigenvalue weighted by Gasteiger charge is -2.17. The van der Waals surface area contributed by atoms with Gasteiger partial charge in [-0.05, 0) is 82.9 Å². The van der Waals surface area contributed by atoms with Crippen LogP contribution in [0.1, 0.15) is 0 Å². The van der Waals surface area contributed by atoms with Crippen LogP contribution in [0.4, 0.5) is 0 Å². The van der Waals surface area contributed by atoms with Gasteiger partial charge in [-0.15, -0.1) is 0 Å². The molecule has 0 aliphatic heterocycles. The maximum absolute atomic E-state index is 2.54. The summed E-state index contributed by atoms with van der Waals surface area (Å²) in [5.74, 6) is 0. The van der Waals surface area contributed by atoms with Gasteiger partial charge >= 0.3 is 0 Å². The average Bonchev–Trinajstić information content (AvgIpc) is 4.00. The van der Waals surface area contributed by atoms with E-state index < -0.39 is 0 Å². The van der Waals surface area contributed by atoms with Gasteiger partial charge < -0.3 is 13.7 Å². The second-order valence-electron chi connectivity index (χ2n) is 16.4. The van der Waals surface area contributed by atoms with Crippen molar-refractivity contribution in [3.05, 3.63) is 237 Å². The smallest absolute Gasteiger partial charge is 0.0641 e. The van der Waals surface area contributed by atoms with Crippen LogP contribution in [0.15, 0.2) is 237 Å². The highest BCUT2D eigenvalue weighted by molar-refractivity contribution is 6.26. The van der Waals surface area contributed by atoms with Gasteiger partial charge in [0.15, 0.2) is 0 Å². The Balaban J connectivity index is 1.11. The van der Waals surface area contributed by atoms with E-state index >= 15 is 0 Å². The zero-order valence-electron chi connectivity index (χ0n) is 34.4. The van der Waals surface area contributed by atoms with Crippen LogP contribution in [0.2, 0.25) is 0 Å². The van der Waals surface area contributed by atoms with Crippen molar-refractivity contribution < 1.29 is 0 Å². The van der Waals surface area contributed by atoms with E-state index in [-0.39, 0.29) is 0 Å². The number of benzene rings is 10. The van der Waals surface area contributed by atoms with Crippen molar-refractivity contribution in [2.45, 2.75) is 0 Å². The van der Waals surface area contributed by atoms with Crippen molar-refractivity contribution in [2.24, 2.45) is 0 Å². The minimum atomic E-state index is 1.15. The highest BCUT2D eigenvalue weighted by Gasteiger charge is 2.24. The van der Waals surface area contributed by atoms with Crippen molar-refractivity contribution in [3.8, 4) is 50.4 Å². The number of nitrogens with zero attached hydrogens (tertiary/aromatic N) is 3. The molecule has 0 saturated carbocycles. The Kier molecular flexibility index (Phi) is 7.91. The Bertz CT molecular complexity index is 3890. The molecule has 0 radical (unpaired) electrons. The third-order valence-electron chi connectivity index (χ3n) is 13.0. The van der Waals surface area contributed by atoms with Crippen molar-refractivity contribution in [3.63, 3.8) is 0 Å². The Morgan fingerprint density at radius 1 is 0.238 bits per heavy atom. The van der Waals surface area contributed by atoms with E-state index in [1.807, 2.05) is 0 Å². The Morgan fingerprint density at radius 3 is 1.51 bits per heavy atom. The summed E-state index contributed by atoms with van der Waals surface area (Å²) in [5.41, 5.74) is 17.7. The summed E-state index contributed by atoms with van der Waals surface area (Å²) in [4.78, 5) is 0. The predicted molar refractivity (Wildman–Crippen MR) is 266 cm³/mol. The molecule has 294 valence electrons. The zero-order chi connectivity index (χ0) is 41.4. The summed E-state index contributed by atoms with van der Waals surface area (Å²) < 4.78 is 7.44. The minimum absolute atomic E-state index is 1.15. The molecule has 10 aromatic carbocycles. The molecular formula is C60H39N3. The normalized spacial score (nSPS) is 11.8.